The quantitative estimate of drug-likeness (QED) is 0.779. The molecule has 0 aromatic carbocycles. The van der Waals surface area contributed by atoms with Crippen LogP contribution in [-0.4, -0.2) is 16.5 Å². The molecule has 2 aromatic heterocycles. The molecule has 4 heteroatoms. The largest absolute Gasteiger partial charge is 0.497 e. The zero-order chi connectivity index (χ0) is 10.1. The van der Waals surface area contributed by atoms with Crippen molar-refractivity contribution in [3.8, 4) is 5.75 Å². The summed E-state index contributed by atoms with van der Waals surface area (Å²) >= 11 is 0. The zero-order valence-corrected chi connectivity index (χ0v) is 8.27. The lowest BCUT2D eigenvalue weighted by molar-refractivity contribution is 0.414. The summed E-state index contributed by atoms with van der Waals surface area (Å²) in [4.78, 5) is 4.25. The average Bonchev–Trinajstić information content (AvgIpc) is 2.59. The number of nitrogens with two attached hydrogens (primary N) is 1. The van der Waals surface area contributed by atoms with Crippen LogP contribution < -0.4 is 10.5 Å². The van der Waals surface area contributed by atoms with E-state index in [0.717, 1.165) is 17.1 Å². The van der Waals surface area contributed by atoms with Gasteiger partial charge in [-0.05, 0) is 13.0 Å². The number of pyridine rings is 1. The second-order valence-electron chi connectivity index (χ2n) is 3.27. The predicted octanol–water partition coefficient (Wildman–Crippen LogP) is 1.36. The minimum atomic E-state index is -0.0640. The molecule has 0 amide bonds. The lowest BCUT2D eigenvalue weighted by Crippen LogP contribution is -2.09. The Morgan fingerprint density at radius 2 is 2.36 bits per heavy atom. The normalized spacial score (nSPS) is 13.1. The Bertz CT molecular complexity index is 448. The molecule has 1 unspecified atom stereocenters. The number of aromatic nitrogens is 2. The summed E-state index contributed by atoms with van der Waals surface area (Å²) in [5, 5.41) is 0. The molecule has 0 aliphatic carbocycles. The second-order valence-corrected chi connectivity index (χ2v) is 3.27. The Morgan fingerprint density at radius 1 is 1.57 bits per heavy atom. The van der Waals surface area contributed by atoms with Crippen LogP contribution in [0.4, 0.5) is 0 Å². The summed E-state index contributed by atoms with van der Waals surface area (Å²) in [5.41, 5.74) is 6.78. The van der Waals surface area contributed by atoms with Gasteiger partial charge in [-0.3, -0.25) is 0 Å². The Balaban J connectivity index is 2.59. The number of hydrogen-bond donors (Lipinski definition) is 1. The fourth-order valence-electron chi connectivity index (χ4n) is 1.46. The van der Waals surface area contributed by atoms with Crippen molar-refractivity contribution in [3.63, 3.8) is 0 Å². The molecule has 1 atom stereocenters. The molecule has 2 aromatic rings. The highest BCUT2D eigenvalue weighted by molar-refractivity contribution is 5.50. The number of nitrogens with zero attached hydrogens (tertiary/aromatic N) is 2. The van der Waals surface area contributed by atoms with Crippen LogP contribution in [0.15, 0.2) is 24.5 Å². The van der Waals surface area contributed by atoms with E-state index >= 15 is 0 Å². The molecule has 2 rings (SSSR count). The zero-order valence-electron chi connectivity index (χ0n) is 8.27. The SMILES string of the molecule is COc1ccn2c(C(C)N)ncc2c1. The topological polar surface area (TPSA) is 52.5 Å². The standard InChI is InChI=1S/C10H13N3O/c1-7(11)10-12-6-8-5-9(14-2)3-4-13(8)10/h3-7H,11H2,1-2H3. The van der Waals surface area contributed by atoms with E-state index < -0.39 is 0 Å². The maximum Gasteiger partial charge on any atom is 0.129 e. The average molecular weight is 191 g/mol. The van der Waals surface area contributed by atoms with Gasteiger partial charge in [0.2, 0.25) is 0 Å². The number of hydrogen-bond acceptors (Lipinski definition) is 3. The highest BCUT2D eigenvalue weighted by atomic mass is 16.5. The van der Waals surface area contributed by atoms with E-state index in [9.17, 15) is 0 Å². The van der Waals surface area contributed by atoms with Gasteiger partial charge in [-0.1, -0.05) is 0 Å². The number of ether oxygens (including phenoxy) is 1. The van der Waals surface area contributed by atoms with Gasteiger partial charge in [0.1, 0.15) is 11.6 Å². The van der Waals surface area contributed by atoms with Crippen molar-refractivity contribution in [2.24, 2.45) is 5.73 Å². The molecule has 14 heavy (non-hydrogen) atoms. The molecular weight excluding hydrogens is 178 g/mol. The minimum absolute atomic E-state index is 0.0640. The van der Waals surface area contributed by atoms with E-state index in [0.29, 0.717) is 0 Å². The van der Waals surface area contributed by atoms with Crippen molar-refractivity contribution >= 4 is 5.52 Å². The Morgan fingerprint density at radius 3 is 3.00 bits per heavy atom. The van der Waals surface area contributed by atoms with Crippen molar-refractivity contribution in [1.82, 2.24) is 9.38 Å². The summed E-state index contributed by atoms with van der Waals surface area (Å²) in [5.74, 6) is 1.69. The third kappa shape index (κ3) is 1.33. The Labute approximate surface area is 82.3 Å². The van der Waals surface area contributed by atoms with Crippen molar-refractivity contribution < 1.29 is 4.74 Å². The van der Waals surface area contributed by atoms with Crippen molar-refractivity contribution in [1.29, 1.82) is 0 Å². The fourth-order valence-corrected chi connectivity index (χ4v) is 1.46. The lowest BCUT2D eigenvalue weighted by atomic mass is 10.3. The van der Waals surface area contributed by atoms with Gasteiger partial charge in [0.05, 0.1) is 24.9 Å². The van der Waals surface area contributed by atoms with E-state index in [2.05, 4.69) is 4.98 Å². The van der Waals surface area contributed by atoms with Gasteiger partial charge in [0.25, 0.3) is 0 Å². The molecule has 0 spiro atoms. The summed E-state index contributed by atoms with van der Waals surface area (Å²) in [6, 6.07) is 3.75. The first-order chi connectivity index (χ1) is 6.72. The van der Waals surface area contributed by atoms with Crippen molar-refractivity contribution in [3.05, 3.63) is 30.4 Å². The van der Waals surface area contributed by atoms with Gasteiger partial charge < -0.3 is 14.9 Å². The maximum atomic E-state index is 5.78. The van der Waals surface area contributed by atoms with Gasteiger partial charge >= 0.3 is 0 Å². The third-order valence-corrected chi connectivity index (χ3v) is 2.18. The van der Waals surface area contributed by atoms with Crippen LogP contribution >= 0.6 is 0 Å². The fraction of sp³-hybridized carbons (Fsp3) is 0.300. The number of methoxy groups -OCH3 is 1. The monoisotopic (exact) mass is 191 g/mol. The first-order valence-electron chi connectivity index (χ1n) is 4.49. The van der Waals surface area contributed by atoms with Crippen LogP contribution in [0.2, 0.25) is 0 Å². The van der Waals surface area contributed by atoms with Crippen LogP contribution in [0.3, 0.4) is 0 Å². The molecule has 0 saturated carbocycles. The molecule has 0 saturated heterocycles. The summed E-state index contributed by atoms with van der Waals surface area (Å²) in [6.07, 6.45) is 3.71. The van der Waals surface area contributed by atoms with Crippen LogP contribution in [-0.2, 0) is 0 Å². The van der Waals surface area contributed by atoms with Crippen LogP contribution in [0, 0.1) is 0 Å². The summed E-state index contributed by atoms with van der Waals surface area (Å²) in [7, 11) is 1.65. The van der Waals surface area contributed by atoms with Crippen LogP contribution in [0.1, 0.15) is 18.8 Å². The van der Waals surface area contributed by atoms with Gasteiger partial charge in [0.15, 0.2) is 0 Å². The van der Waals surface area contributed by atoms with Gasteiger partial charge in [-0.25, -0.2) is 4.98 Å². The van der Waals surface area contributed by atoms with E-state index in [1.54, 1.807) is 13.3 Å². The highest BCUT2D eigenvalue weighted by Crippen LogP contribution is 2.17. The predicted molar refractivity (Wildman–Crippen MR) is 54.3 cm³/mol. The Kier molecular flexibility index (Phi) is 2.13. The first-order valence-corrected chi connectivity index (χ1v) is 4.49. The molecule has 74 valence electrons. The van der Waals surface area contributed by atoms with Crippen molar-refractivity contribution in [2.45, 2.75) is 13.0 Å². The highest BCUT2D eigenvalue weighted by Gasteiger charge is 2.07. The van der Waals surface area contributed by atoms with Crippen LogP contribution in [0.25, 0.3) is 5.52 Å². The number of imidazole rings is 1. The second kappa shape index (κ2) is 3.31. The van der Waals surface area contributed by atoms with Crippen molar-refractivity contribution in [2.75, 3.05) is 7.11 Å². The molecule has 2 N–H and O–H groups in total. The smallest absolute Gasteiger partial charge is 0.129 e. The van der Waals surface area contributed by atoms with E-state index in [1.165, 1.54) is 0 Å². The molecule has 0 aliphatic heterocycles. The van der Waals surface area contributed by atoms with Gasteiger partial charge in [-0.15, -0.1) is 0 Å². The molecule has 2 heterocycles. The number of fused-ring (bicyclic) bond motifs is 1. The Hall–Kier alpha value is -1.55. The molecule has 0 radical (unpaired) electrons. The number of rotatable bonds is 2. The molecule has 0 aliphatic rings. The van der Waals surface area contributed by atoms with E-state index in [4.69, 9.17) is 10.5 Å². The van der Waals surface area contributed by atoms with Gasteiger partial charge in [-0.2, -0.15) is 0 Å². The van der Waals surface area contributed by atoms with E-state index in [1.807, 2.05) is 29.7 Å². The molecule has 0 fully saturated rings. The lowest BCUT2D eigenvalue weighted by Gasteiger charge is -2.05. The summed E-state index contributed by atoms with van der Waals surface area (Å²) in [6.45, 7) is 1.92. The van der Waals surface area contributed by atoms with Crippen LogP contribution in [0.5, 0.6) is 5.75 Å². The first kappa shape index (κ1) is 9.02. The molecular formula is C10H13N3O. The summed E-state index contributed by atoms with van der Waals surface area (Å²) < 4.78 is 7.09. The van der Waals surface area contributed by atoms with Gasteiger partial charge in [0, 0.05) is 12.3 Å². The van der Waals surface area contributed by atoms with E-state index in [-0.39, 0.29) is 6.04 Å². The maximum absolute atomic E-state index is 5.78. The third-order valence-electron chi connectivity index (χ3n) is 2.18. The molecule has 4 nitrogen and oxygen atoms in total. The minimum Gasteiger partial charge on any atom is -0.497 e. The molecule has 0 bridgehead atoms.